The lowest BCUT2D eigenvalue weighted by Crippen LogP contribution is -1.98. The van der Waals surface area contributed by atoms with Gasteiger partial charge in [0.25, 0.3) is 0 Å². The van der Waals surface area contributed by atoms with Crippen LogP contribution in [0.15, 0.2) is 42.5 Å². The van der Waals surface area contributed by atoms with Gasteiger partial charge in [-0.1, -0.05) is 36.1 Å². The van der Waals surface area contributed by atoms with E-state index in [0.717, 1.165) is 16.9 Å². The van der Waals surface area contributed by atoms with Gasteiger partial charge >= 0.3 is 0 Å². The van der Waals surface area contributed by atoms with Gasteiger partial charge in [0.15, 0.2) is 0 Å². The van der Waals surface area contributed by atoms with E-state index in [2.05, 4.69) is 37.8 Å². The van der Waals surface area contributed by atoms with E-state index >= 15 is 0 Å². The molecule has 0 unspecified atom stereocenters. The highest BCUT2D eigenvalue weighted by atomic mass is 16.5. The smallest absolute Gasteiger partial charge is 0.120 e. The first-order valence-corrected chi connectivity index (χ1v) is 7.08. The van der Waals surface area contributed by atoms with Crippen molar-refractivity contribution in [3.63, 3.8) is 0 Å². The zero-order valence-corrected chi connectivity index (χ0v) is 12.5. The summed E-state index contributed by atoms with van der Waals surface area (Å²) in [6.07, 6.45) is 0.492. The zero-order chi connectivity index (χ0) is 15.1. The number of ether oxygens (including phenoxy) is 1. The molecule has 2 aromatic rings. The maximum absolute atomic E-state index is 8.79. The summed E-state index contributed by atoms with van der Waals surface area (Å²) in [6, 6.07) is 14.0. The molecule has 2 heteroatoms. The van der Waals surface area contributed by atoms with E-state index in [1.807, 2.05) is 30.3 Å². The molecule has 0 saturated carbocycles. The van der Waals surface area contributed by atoms with Crippen LogP contribution in [-0.2, 0) is 6.61 Å². The molecule has 1 N–H and O–H groups in total. The molecule has 0 atom stereocenters. The first-order chi connectivity index (χ1) is 10.2. The summed E-state index contributed by atoms with van der Waals surface area (Å²) in [5, 5.41) is 8.79. The van der Waals surface area contributed by atoms with Gasteiger partial charge in [-0.05, 0) is 43.2 Å². The van der Waals surface area contributed by atoms with Crippen LogP contribution < -0.4 is 4.74 Å². The number of aryl methyl sites for hydroxylation is 2. The lowest BCUT2D eigenvalue weighted by molar-refractivity contribution is 0.305. The Kier molecular flexibility index (Phi) is 5.43. The maximum atomic E-state index is 8.79. The molecule has 0 spiro atoms. The predicted molar refractivity (Wildman–Crippen MR) is 85.3 cm³/mol. The Balaban J connectivity index is 2.09. The van der Waals surface area contributed by atoms with Gasteiger partial charge in [-0.15, -0.1) is 0 Å². The number of rotatable bonds is 4. The largest absolute Gasteiger partial charge is 0.489 e. The van der Waals surface area contributed by atoms with Crippen molar-refractivity contribution in [3.05, 3.63) is 64.7 Å². The van der Waals surface area contributed by atoms with Crippen LogP contribution in [0.5, 0.6) is 5.75 Å². The molecule has 21 heavy (non-hydrogen) atoms. The van der Waals surface area contributed by atoms with E-state index in [1.54, 1.807) is 0 Å². The highest BCUT2D eigenvalue weighted by Crippen LogP contribution is 2.18. The van der Waals surface area contributed by atoms with Crippen molar-refractivity contribution in [2.75, 3.05) is 6.61 Å². The molecule has 108 valence electrons. The molecule has 2 nitrogen and oxygen atoms in total. The fourth-order valence-electron chi connectivity index (χ4n) is 1.95. The van der Waals surface area contributed by atoms with E-state index < -0.39 is 0 Å². The van der Waals surface area contributed by atoms with Crippen molar-refractivity contribution in [1.29, 1.82) is 0 Å². The van der Waals surface area contributed by atoms with Crippen molar-refractivity contribution >= 4 is 0 Å². The molecule has 0 aromatic heterocycles. The second kappa shape index (κ2) is 7.52. The van der Waals surface area contributed by atoms with Gasteiger partial charge in [0.1, 0.15) is 12.4 Å². The second-order valence-corrected chi connectivity index (χ2v) is 4.97. The number of aliphatic hydroxyl groups is 1. The Labute approximate surface area is 126 Å². The third kappa shape index (κ3) is 4.37. The first-order valence-electron chi connectivity index (χ1n) is 7.08. The first kappa shape index (κ1) is 15.2. The highest BCUT2D eigenvalue weighted by molar-refractivity contribution is 5.41. The third-order valence-corrected chi connectivity index (χ3v) is 3.35. The second-order valence-electron chi connectivity index (χ2n) is 4.97. The van der Waals surface area contributed by atoms with Crippen LogP contribution in [0.4, 0.5) is 0 Å². The van der Waals surface area contributed by atoms with Crippen molar-refractivity contribution in [2.45, 2.75) is 26.9 Å². The van der Waals surface area contributed by atoms with E-state index in [-0.39, 0.29) is 6.61 Å². The van der Waals surface area contributed by atoms with Gasteiger partial charge < -0.3 is 9.84 Å². The number of hydrogen-bond donors (Lipinski definition) is 1. The van der Waals surface area contributed by atoms with Gasteiger partial charge in [-0.25, -0.2) is 0 Å². The Bertz CT molecular complexity index is 663. The molecule has 0 heterocycles. The molecule has 0 radical (unpaired) electrons. The third-order valence-electron chi connectivity index (χ3n) is 3.35. The Hall–Kier alpha value is -2.24. The molecule has 0 saturated heterocycles. The number of benzene rings is 2. The average molecular weight is 280 g/mol. The van der Waals surface area contributed by atoms with Crippen molar-refractivity contribution in [1.82, 2.24) is 0 Å². The monoisotopic (exact) mass is 280 g/mol. The average Bonchev–Trinajstić information content (AvgIpc) is 2.50. The van der Waals surface area contributed by atoms with E-state index in [0.29, 0.717) is 13.0 Å². The Morgan fingerprint density at radius 3 is 2.62 bits per heavy atom. The minimum Gasteiger partial charge on any atom is -0.489 e. The van der Waals surface area contributed by atoms with Crippen LogP contribution in [0.25, 0.3) is 0 Å². The molecule has 0 aliphatic carbocycles. The minimum absolute atomic E-state index is 0.0916. The van der Waals surface area contributed by atoms with Crippen LogP contribution in [0.3, 0.4) is 0 Å². The topological polar surface area (TPSA) is 29.5 Å². The maximum Gasteiger partial charge on any atom is 0.120 e. The normalized spacial score (nSPS) is 9.86. The number of hydrogen-bond acceptors (Lipinski definition) is 2. The lowest BCUT2D eigenvalue weighted by atomic mass is 10.1. The molecular weight excluding hydrogens is 260 g/mol. The minimum atomic E-state index is 0.0916. The van der Waals surface area contributed by atoms with Crippen LogP contribution in [0, 0.1) is 25.7 Å². The van der Waals surface area contributed by atoms with Gasteiger partial charge in [0.2, 0.25) is 0 Å². The summed E-state index contributed by atoms with van der Waals surface area (Å²) in [4.78, 5) is 0. The standard InChI is InChI=1S/C19H20O2/c1-15-10-11-19(13-16(15)2)21-14-18-9-4-3-7-17(18)8-5-6-12-20/h3-4,7,9-11,13,20H,6,12,14H2,1-2H3. The Morgan fingerprint density at radius 2 is 1.86 bits per heavy atom. The van der Waals surface area contributed by atoms with E-state index in [4.69, 9.17) is 9.84 Å². The lowest BCUT2D eigenvalue weighted by Gasteiger charge is -2.09. The molecule has 2 aromatic carbocycles. The quantitative estimate of drug-likeness (QED) is 0.867. The zero-order valence-electron chi connectivity index (χ0n) is 12.5. The highest BCUT2D eigenvalue weighted by Gasteiger charge is 2.02. The molecule has 0 aliphatic heterocycles. The van der Waals surface area contributed by atoms with Crippen LogP contribution in [0.2, 0.25) is 0 Å². The summed E-state index contributed by atoms with van der Waals surface area (Å²) >= 11 is 0. The van der Waals surface area contributed by atoms with E-state index in [1.165, 1.54) is 11.1 Å². The van der Waals surface area contributed by atoms with Crippen LogP contribution in [0.1, 0.15) is 28.7 Å². The summed E-state index contributed by atoms with van der Waals surface area (Å²) < 4.78 is 5.86. The molecule has 0 fully saturated rings. The van der Waals surface area contributed by atoms with Gasteiger partial charge in [-0.2, -0.15) is 0 Å². The summed E-state index contributed by atoms with van der Waals surface area (Å²) in [6.45, 7) is 4.75. The van der Waals surface area contributed by atoms with E-state index in [9.17, 15) is 0 Å². The summed E-state index contributed by atoms with van der Waals surface area (Å²) in [7, 11) is 0. The molecule has 2 rings (SSSR count). The summed E-state index contributed by atoms with van der Waals surface area (Å²) in [5.74, 6) is 6.90. The van der Waals surface area contributed by atoms with Gasteiger partial charge in [0.05, 0.1) is 6.61 Å². The van der Waals surface area contributed by atoms with Crippen molar-refractivity contribution in [3.8, 4) is 17.6 Å². The fraction of sp³-hybridized carbons (Fsp3) is 0.263. The van der Waals surface area contributed by atoms with Gasteiger partial charge in [-0.3, -0.25) is 0 Å². The number of aliphatic hydroxyl groups excluding tert-OH is 1. The van der Waals surface area contributed by atoms with Crippen molar-refractivity contribution < 1.29 is 9.84 Å². The molecule has 0 bridgehead atoms. The summed E-state index contributed by atoms with van der Waals surface area (Å²) in [5.41, 5.74) is 4.50. The SMILES string of the molecule is Cc1ccc(OCc2ccccc2C#CCCO)cc1C. The van der Waals surface area contributed by atoms with Gasteiger partial charge in [0, 0.05) is 17.5 Å². The Morgan fingerprint density at radius 1 is 1.05 bits per heavy atom. The molecule has 0 aliphatic rings. The molecular formula is C19H20O2. The van der Waals surface area contributed by atoms with Crippen LogP contribution >= 0.6 is 0 Å². The van der Waals surface area contributed by atoms with Crippen molar-refractivity contribution in [2.24, 2.45) is 0 Å². The van der Waals surface area contributed by atoms with Crippen LogP contribution in [-0.4, -0.2) is 11.7 Å². The fourth-order valence-corrected chi connectivity index (χ4v) is 1.95. The molecule has 0 amide bonds. The predicted octanol–water partition coefficient (Wildman–Crippen LogP) is 3.62.